The Balaban J connectivity index is 0.00000306. The first-order valence-corrected chi connectivity index (χ1v) is 11.8. The van der Waals surface area contributed by atoms with Crippen LogP contribution in [-0.4, -0.2) is 46.1 Å². The van der Waals surface area contributed by atoms with Crippen molar-refractivity contribution in [3.63, 3.8) is 0 Å². The molecule has 0 amide bonds. The van der Waals surface area contributed by atoms with Gasteiger partial charge in [-0.3, -0.25) is 14.1 Å². The molecule has 0 radical (unpaired) electrons. The van der Waals surface area contributed by atoms with E-state index in [1.807, 2.05) is 0 Å². The van der Waals surface area contributed by atoms with E-state index in [0.717, 1.165) is 0 Å². The number of nitrogens with zero attached hydrogens (tertiary/aromatic N) is 4. The van der Waals surface area contributed by atoms with Crippen molar-refractivity contribution in [3.05, 3.63) is 72.9 Å². The number of pyridine rings is 1. The molecule has 2 N–H and O–H groups in total. The molecule has 0 spiro atoms. The standard InChI is InChI=1S/C20H14N4O6S2.Na/c25-31(26,27)15-8-4-13(5-9-15)18-19(14-6-10-16(11-7-14)32(28,29)30)23-24-20(22-18)17-3-1-2-12-21-17;/h1-12H,(H,25,26,27)(H,28,29,30);/q;+1. The second-order valence-corrected chi connectivity index (χ2v) is 9.39. The van der Waals surface area contributed by atoms with E-state index in [1.54, 1.807) is 24.4 Å². The van der Waals surface area contributed by atoms with Crippen molar-refractivity contribution in [2.75, 3.05) is 0 Å². The Hall–Kier alpha value is -2.58. The molecular formula is C20H14N4NaO6S2+. The van der Waals surface area contributed by atoms with Gasteiger partial charge in [0.1, 0.15) is 17.1 Å². The van der Waals surface area contributed by atoms with Gasteiger partial charge in [-0.1, -0.05) is 30.3 Å². The normalized spacial score (nSPS) is 11.6. The van der Waals surface area contributed by atoms with Crippen molar-refractivity contribution in [1.29, 1.82) is 0 Å². The van der Waals surface area contributed by atoms with Gasteiger partial charge in [0.15, 0.2) is 0 Å². The topological polar surface area (TPSA) is 160 Å². The molecule has 2 aromatic carbocycles. The molecule has 162 valence electrons. The molecule has 4 rings (SSSR count). The molecule has 2 aromatic heterocycles. The fourth-order valence-electron chi connectivity index (χ4n) is 2.89. The molecule has 0 bridgehead atoms. The fourth-order valence-corrected chi connectivity index (χ4v) is 3.85. The third-order valence-corrected chi connectivity index (χ3v) is 6.17. The molecule has 0 saturated carbocycles. The van der Waals surface area contributed by atoms with E-state index < -0.39 is 20.2 Å². The Bertz CT molecular complexity index is 1500. The summed E-state index contributed by atoms with van der Waals surface area (Å²) in [5.41, 5.74) is 1.99. The molecule has 10 nitrogen and oxygen atoms in total. The van der Waals surface area contributed by atoms with Crippen LogP contribution in [0.25, 0.3) is 34.0 Å². The van der Waals surface area contributed by atoms with Crippen molar-refractivity contribution >= 4 is 20.2 Å². The number of hydrogen-bond acceptors (Lipinski definition) is 8. The molecule has 33 heavy (non-hydrogen) atoms. The maximum atomic E-state index is 11.4. The maximum Gasteiger partial charge on any atom is 1.00 e. The van der Waals surface area contributed by atoms with Crippen LogP contribution in [0.1, 0.15) is 0 Å². The summed E-state index contributed by atoms with van der Waals surface area (Å²) in [7, 11) is -8.74. The smallest absolute Gasteiger partial charge is 0.282 e. The maximum absolute atomic E-state index is 11.4. The first-order valence-electron chi connectivity index (χ1n) is 8.95. The van der Waals surface area contributed by atoms with Crippen molar-refractivity contribution in [2.45, 2.75) is 9.79 Å². The molecule has 13 heteroatoms. The predicted molar refractivity (Wildman–Crippen MR) is 114 cm³/mol. The summed E-state index contributed by atoms with van der Waals surface area (Å²) in [6.45, 7) is 0. The van der Waals surface area contributed by atoms with Gasteiger partial charge in [-0.15, -0.1) is 10.2 Å². The third kappa shape index (κ3) is 5.68. The fraction of sp³-hybridized carbons (Fsp3) is 0. The molecule has 0 atom stereocenters. The van der Waals surface area contributed by atoms with Gasteiger partial charge in [0.25, 0.3) is 20.2 Å². The van der Waals surface area contributed by atoms with Crippen molar-refractivity contribution in [2.24, 2.45) is 0 Å². The van der Waals surface area contributed by atoms with Crippen molar-refractivity contribution in [3.8, 4) is 34.0 Å². The van der Waals surface area contributed by atoms with Crippen LogP contribution in [0, 0.1) is 0 Å². The van der Waals surface area contributed by atoms with E-state index in [-0.39, 0.29) is 50.9 Å². The van der Waals surface area contributed by atoms with Crippen molar-refractivity contribution < 1.29 is 55.5 Å². The van der Waals surface area contributed by atoms with Gasteiger partial charge in [-0.25, -0.2) is 4.98 Å². The molecule has 4 aromatic rings. The number of rotatable bonds is 5. The first kappa shape index (κ1) is 25.1. The van der Waals surface area contributed by atoms with Crippen LogP contribution in [0.15, 0.2) is 82.7 Å². The Labute approximate surface area is 211 Å². The van der Waals surface area contributed by atoms with Crippen LogP contribution in [0.3, 0.4) is 0 Å². The molecule has 0 aliphatic heterocycles. The van der Waals surface area contributed by atoms with E-state index >= 15 is 0 Å². The quantitative estimate of drug-likeness (QED) is 0.281. The molecule has 2 heterocycles. The summed E-state index contributed by atoms with van der Waals surface area (Å²) in [5, 5.41) is 8.34. The van der Waals surface area contributed by atoms with Gasteiger partial charge in [0, 0.05) is 17.3 Å². The molecule has 0 saturated heterocycles. The van der Waals surface area contributed by atoms with Crippen LogP contribution < -0.4 is 29.6 Å². The first-order chi connectivity index (χ1) is 15.1. The van der Waals surface area contributed by atoms with Crippen LogP contribution in [0.4, 0.5) is 0 Å². The second kappa shape index (κ2) is 9.73. The van der Waals surface area contributed by atoms with Gasteiger partial charge in [-0.05, 0) is 36.4 Å². The van der Waals surface area contributed by atoms with Gasteiger partial charge >= 0.3 is 29.6 Å². The van der Waals surface area contributed by atoms with E-state index in [1.165, 1.54) is 48.5 Å². The van der Waals surface area contributed by atoms with E-state index in [0.29, 0.717) is 22.5 Å². The van der Waals surface area contributed by atoms with Gasteiger partial charge in [0.05, 0.1) is 9.79 Å². The van der Waals surface area contributed by atoms with E-state index in [4.69, 9.17) is 0 Å². The minimum atomic E-state index is -4.37. The van der Waals surface area contributed by atoms with E-state index in [2.05, 4.69) is 20.2 Å². The van der Waals surface area contributed by atoms with Crippen LogP contribution in [0.5, 0.6) is 0 Å². The van der Waals surface area contributed by atoms with Gasteiger partial charge in [-0.2, -0.15) is 16.8 Å². The molecule has 0 aliphatic rings. The molecule has 0 unspecified atom stereocenters. The minimum absolute atomic E-state index is 0. The molecule has 0 fully saturated rings. The minimum Gasteiger partial charge on any atom is -0.282 e. The monoisotopic (exact) mass is 493 g/mol. The largest absolute Gasteiger partial charge is 1.00 e. The zero-order valence-corrected chi connectivity index (χ0v) is 20.7. The summed E-state index contributed by atoms with van der Waals surface area (Å²) in [4.78, 5) is 8.17. The number of hydrogen-bond donors (Lipinski definition) is 2. The second-order valence-electron chi connectivity index (χ2n) is 6.55. The van der Waals surface area contributed by atoms with E-state index in [9.17, 15) is 25.9 Å². The molecular weight excluding hydrogens is 479 g/mol. The predicted octanol–water partition coefficient (Wildman–Crippen LogP) is -0.235. The summed E-state index contributed by atoms with van der Waals surface area (Å²) >= 11 is 0. The average Bonchev–Trinajstić information content (AvgIpc) is 2.78. The van der Waals surface area contributed by atoms with Gasteiger partial charge < -0.3 is 0 Å². The Morgan fingerprint density at radius 3 is 1.61 bits per heavy atom. The summed E-state index contributed by atoms with van der Waals surface area (Å²) in [5.74, 6) is 0.220. The third-order valence-electron chi connectivity index (χ3n) is 4.43. The number of benzene rings is 2. The van der Waals surface area contributed by atoms with Crippen LogP contribution in [-0.2, 0) is 20.2 Å². The number of aromatic nitrogens is 4. The Morgan fingerprint density at radius 1 is 0.636 bits per heavy atom. The van der Waals surface area contributed by atoms with Crippen molar-refractivity contribution in [1.82, 2.24) is 20.2 Å². The van der Waals surface area contributed by atoms with Crippen LogP contribution in [0.2, 0.25) is 0 Å². The summed E-state index contributed by atoms with van der Waals surface area (Å²) < 4.78 is 63.8. The SMILES string of the molecule is O=S(=O)(O)c1ccc(-c2nnc(-c3ccccn3)nc2-c2ccc(S(=O)(=O)O)cc2)cc1.[Na+]. The Kier molecular flexibility index (Phi) is 7.39. The zero-order valence-electron chi connectivity index (χ0n) is 17.1. The van der Waals surface area contributed by atoms with Gasteiger partial charge in [0.2, 0.25) is 5.82 Å². The summed E-state index contributed by atoms with van der Waals surface area (Å²) in [6, 6.07) is 15.8. The molecule has 0 aliphatic carbocycles. The average molecular weight is 493 g/mol. The summed E-state index contributed by atoms with van der Waals surface area (Å²) in [6.07, 6.45) is 1.57. The Morgan fingerprint density at radius 2 is 1.15 bits per heavy atom. The zero-order chi connectivity index (χ0) is 22.9. The van der Waals surface area contributed by atoms with Crippen LogP contribution >= 0.6 is 0 Å².